The van der Waals surface area contributed by atoms with Gasteiger partial charge in [-0.1, -0.05) is 12.1 Å². The maximum Gasteiger partial charge on any atom is 0.235 e. The van der Waals surface area contributed by atoms with Crippen LogP contribution in [0.2, 0.25) is 0 Å². The van der Waals surface area contributed by atoms with Crippen LogP contribution in [0.5, 0.6) is 0 Å². The van der Waals surface area contributed by atoms with E-state index in [4.69, 9.17) is 11.6 Å². The van der Waals surface area contributed by atoms with Crippen molar-refractivity contribution in [3.05, 3.63) is 29.8 Å². The van der Waals surface area contributed by atoms with E-state index in [-0.39, 0.29) is 23.7 Å². The lowest BCUT2D eigenvalue weighted by atomic mass is 10.1. The molecule has 1 N–H and O–H groups in total. The number of anilines is 1. The number of nitrogens with one attached hydrogen (secondary N) is 1. The first-order chi connectivity index (χ1) is 9.61. The molecule has 4 nitrogen and oxygen atoms in total. The van der Waals surface area contributed by atoms with E-state index in [2.05, 4.69) is 5.32 Å². The zero-order valence-corrected chi connectivity index (χ0v) is 12.3. The molecule has 0 saturated carbocycles. The molecule has 2 rings (SSSR count). The molecule has 1 unspecified atom stereocenters. The van der Waals surface area contributed by atoms with Crippen molar-refractivity contribution < 1.29 is 9.59 Å². The van der Waals surface area contributed by atoms with E-state index in [1.807, 2.05) is 36.1 Å². The number of alkyl halides is 1. The highest BCUT2D eigenvalue weighted by Gasteiger charge is 2.19. The third-order valence-corrected chi connectivity index (χ3v) is 3.77. The largest absolute Gasteiger partial charge is 0.349 e. The normalized spacial score (nSPS) is 16.9. The first-order valence-corrected chi connectivity index (χ1v) is 7.41. The van der Waals surface area contributed by atoms with Crippen LogP contribution in [-0.4, -0.2) is 24.2 Å². The number of nitrogens with zero attached hydrogens (tertiary/aromatic N) is 1. The van der Waals surface area contributed by atoms with Crippen LogP contribution in [0.25, 0.3) is 0 Å². The van der Waals surface area contributed by atoms with Crippen molar-refractivity contribution in [2.75, 3.05) is 17.3 Å². The van der Waals surface area contributed by atoms with Crippen LogP contribution in [0, 0.1) is 0 Å². The van der Waals surface area contributed by atoms with Gasteiger partial charge in [-0.3, -0.25) is 9.59 Å². The fourth-order valence-corrected chi connectivity index (χ4v) is 2.46. The van der Waals surface area contributed by atoms with Crippen LogP contribution in [0.3, 0.4) is 0 Å². The molecule has 0 aromatic heterocycles. The molecule has 108 valence electrons. The van der Waals surface area contributed by atoms with E-state index in [9.17, 15) is 9.59 Å². The summed E-state index contributed by atoms with van der Waals surface area (Å²) in [6, 6.07) is 7.66. The third kappa shape index (κ3) is 3.51. The van der Waals surface area contributed by atoms with Crippen molar-refractivity contribution in [3.63, 3.8) is 0 Å². The fourth-order valence-electron chi connectivity index (χ4n) is 2.39. The Kier molecular flexibility index (Phi) is 5.01. The highest BCUT2D eigenvalue weighted by atomic mass is 35.5. The van der Waals surface area contributed by atoms with Crippen LogP contribution in [-0.2, 0) is 9.59 Å². The third-order valence-electron chi connectivity index (χ3n) is 3.53. The van der Waals surface area contributed by atoms with Crippen molar-refractivity contribution in [2.45, 2.75) is 32.2 Å². The fraction of sp³-hybridized carbons (Fsp3) is 0.467. The van der Waals surface area contributed by atoms with Gasteiger partial charge in [-0.25, -0.2) is 0 Å². The number of halogens is 1. The molecule has 0 bridgehead atoms. The number of piperidine rings is 1. The molecule has 1 atom stereocenters. The van der Waals surface area contributed by atoms with Crippen LogP contribution >= 0.6 is 11.6 Å². The summed E-state index contributed by atoms with van der Waals surface area (Å²) < 4.78 is 0. The maximum atomic E-state index is 11.9. The average molecular weight is 295 g/mol. The van der Waals surface area contributed by atoms with Crippen LogP contribution in [0.4, 0.5) is 5.69 Å². The van der Waals surface area contributed by atoms with Gasteiger partial charge in [0.2, 0.25) is 11.8 Å². The number of benzene rings is 1. The SMILES string of the molecule is CC(NC(=O)CCl)c1ccc(N2CCCCC2=O)cc1. The predicted molar refractivity (Wildman–Crippen MR) is 79.9 cm³/mol. The van der Waals surface area contributed by atoms with E-state index < -0.39 is 0 Å². The quantitative estimate of drug-likeness (QED) is 0.868. The zero-order chi connectivity index (χ0) is 14.5. The van der Waals surface area contributed by atoms with E-state index in [1.54, 1.807) is 0 Å². The van der Waals surface area contributed by atoms with Crippen LogP contribution in [0.1, 0.15) is 37.8 Å². The monoisotopic (exact) mass is 294 g/mol. The second-order valence-electron chi connectivity index (χ2n) is 5.02. The molecule has 1 aromatic carbocycles. The van der Waals surface area contributed by atoms with Gasteiger partial charge >= 0.3 is 0 Å². The second kappa shape index (κ2) is 6.75. The zero-order valence-electron chi connectivity index (χ0n) is 11.6. The van der Waals surface area contributed by atoms with Gasteiger partial charge in [0.05, 0.1) is 6.04 Å². The standard InChI is InChI=1S/C15H19ClN2O2/c1-11(17-14(19)10-16)12-5-7-13(8-6-12)18-9-3-2-4-15(18)20/h5-8,11H,2-4,9-10H2,1H3,(H,17,19). The first-order valence-electron chi connectivity index (χ1n) is 6.87. The number of carbonyl (C=O) groups excluding carboxylic acids is 2. The molecule has 20 heavy (non-hydrogen) atoms. The van der Waals surface area contributed by atoms with Gasteiger partial charge in [0, 0.05) is 18.7 Å². The number of hydrogen-bond donors (Lipinski definition) is 1. The van der Waals surface area contributed by atoms with Crippen LogP contribution < -0.4 is 10.2 Å². The Hall–Kier alpha value is -1.55. The minimum Gasteiger partial charge on any atom is -0.349 e. The van der Waals surface area contributed by atoms with E-state index >= 15 is 0 Å². The summed E-state index contributed by atoms with van der Waals surface area (Å²) in [5.74, 6) is -0.0352. The Bertz CT molecular complexity index is 487. The van der Waals surface area contributed by atoms with E-state index in [1.165, 1.54) is 0 Å². The molecule has 1 aromatic rings. The van der Waals surface area contributed by atoms with Gasteiger partial charge in [-0.2, -0.15) is 0 Å². The van der Waals surface area contributed by atoms with Gasteiger partial charge in [0.15, 0.2) is 0 Å². The molecule has 1 aliphatic heterocycles. The van der Waals surface area contributed by atoms with Crippen LogP contribution in [0.15, 0.2) is 24.3 Å². The number of rotatable bonds is 4. The highest BCUT2D eigenvalue weighted by molar-refractivity contribution is 6.27. The minimum absolute atomic E-state index is 0.0370. The molecule has 1 aliphatic rings. The predicted octanol–water partition coefficient (Wildman–Crippen LogP) is 2.62. The summed E-state index contributed by atoms with van der Waals surface area (Å²) in [7, 11) is 0. The van der Waals surface area contributed by atoms with E-state index in [0.29, 0.717) is 6.42 Å². The number of amides is 2. The minimum atomic E-state index is -0.186. The average Bonchev–Trinajstić information content (AvgIpc) is 2.47. The highest BCUT2D eigenvalue weighted by Crippen LogP contribution is 2.23. The molecule has 1 saturated heterocycles. The van der Waals surface area contributed by atoms with Crippen molar-refractivity contribution in [1.29, 1.82) is 0 Å². The summed E-state index contributed by atoms with van der Waals surface area (Å²) in [4.78, 5) is 24.9. The lowest BCUT2D eigenvalue weighted by Gasteiger charge is -2.27. The Morgan fingerprint density at radius 2 is 2.05 bits per heavy atom. The molecule has 2 amide bonds. The van der Waals surface area contributed by atoms with E-state index in [0.717, 1.165) is 30.6 Å². The Morgan fingerprint density at radius 3 is 2.65 bits per heavy atom. The van der Waals surface area contributed by atoms with Gasteiger partial charge < -0.3 is 10.2 Å². The summed E-state index contributed by atoms with van der Waals surface area (Å²) >= 11 is 5.47. The number of carbonyl (C=O) groups is 2. The Morgan fingerprint density at radius 1 is 1.35 bits per heavy atom. The molecule has 1 fully saturated rings. The Balaban J connectivity index is 2.05. The molecule has 0 spiro atoms. The first kappa shape index (κ1) is 14.9. The molecular weight excluding hydrogens is 276 g/mol. The Labute approximate surface area is 124 Å². The van der Waals surface area contributed by atoms with Gasteiger partial charge in [-0.15, -0.1) is 11.6 Å². The van der Waals surface area contributed by atoms with Crippen molar-refractivity contribution in [1.82, 2.24) is 5.32 Å². The second-order valence-corrected chi connectivity index (χ2v) is 5.28. The van der Waals surface area contributed by atoms with Crippen molar-refractivity contribution in [3.8, 4) is 0 Å². The van der Waals surface area contributed by atoms with Gasteiger partial charge in [-0.05, 0) is 37.5 Å². The lowest BCUT2D eigenvalue weighted by Crippen LogP contribution is -2.35. The molecular formula is C15H19ClN2O2. The maximum absolute atomic E-state index is 11.9. The summed E-state index contributed by atoms with van der Waals surface area (Å²) in [5, 5.41) is 2.80. The van der Waals surface area contributed by atoms with Crippen molar-refractivity contribution in [2.24, 2.45) is 0 Å². The molecule has 0 radical (unpaired) electrons. The van der Waals surface area contributed by atoms with Crippen molar-refractivity contribution >= 4 is 29.1 Å². The molecule has 1 heterocycles. The lowest BCUT2D eigenvalue weighted by molar-refractivity contribution is -0.120. The summed E-state index contributed by atoms with van der Waals surface area (Å²) in [6.07, 6.45) is 2.66. The smallest absolute Gasteiger partial charge is 0.235 e. The summed E-state index contributed by atoms with van der Waals surface area (Å²) in [6.45, 7) is 2.70. The summed E-state index contributed by atoms with van der Waals surface area (Å²) in [5.41, 5.74) is 1.92. The van der Waals surface area contributed by atoms with Gasteiger partial charge in [0.25, 0.3) is 0 Å². The number of hydrogen-bond acceptors (Lipinski definition) is 2. The van der Waals surface area contributed by atoms with Gasteiger partial charge in [0.1, 0.15) is 5.88 Å². The topological polar surface area (TPSA) is 49.4 Å². The molecule has 0 aliphatic carbocycles. The molecule has 5 heteroatoms.